The van der Waals surface area contributed by atoms with Crippen LogP contribution in [0.1, 0.15) is 23.7 Å². The summed E-state index contributed by atoms with van der Waals surface area (Å²) < 4.78 is 0.853. The van der Waals surface area contributed by atoms with E-state index in [1.54, 1.807) is 0 Å². The molecule has 0 spiro atoms. The molecule has 2 rings (SSSR count). The van der Waals surface area contributed by atoms with E-state index in [-0.39, 0.29) is 11.3 Å². The minimum atomic E-state index is 0.0803. The third-order valence-electron chi connectivity index (χ3n) is 3.44. The molecular formula is C13H17BrN2O. The van der Waals surface area contributed by atoms with E-state index in [2.05, 4.69) is 22.9 Å². The predicted octanol–water partition coefficient (Wildman–Crippen LogP) is 2.26. The second-order valence-corrected chi connectivity index (χ2v) is 5.83. The van der Waals surface area contributed by atoms with Crippen LogP contribution in [-0.2, 0) is 0 Å². The quantitative estimate of drug-likeness (QED) is 0.910. The normalized spacial score (nSPS) is 24.1. The highest BCUT2D eigenvalue weighted by Gasteiger charge is 2.35. The van der Waals surface area contributed by atoms with Crippen LogP contribution < -0.4 is 5.73 Å². The molecule has 1 heterocycles. The Hall–Kier alpha value is -0.870. The van der Waals surface area contributed by atoms with E-state index in [0.717, 1.165) is 29.5 Å². The molecule has 0 aliphatic carbocycles. The first kappa shape index (κ1) is 12.6. The maximum absolute atomic E-state index is 12.3. The van der Waals surface area contributed by atoms with E-state index in [1.807, 2.05) is 29.2 Å². The van der Waals surface area contributed by atoms with Gasteiger partial charge in [0.2, 0.25) is 0 Å². The molecular weight excluding hydrogens is 280 g/mol. The number of rotatable bonds is 2. The summed E-state index contributed by atoms with van der Waals surface area (Å²) in [6, 6.07) is 7.54. The lowest BCUT2D eigenvalue weighted by molar-refractivity contribution is 0.0776. The monoisotopic (exact) mass is 296 g/mol. The van der Waals surface area contributed by atoms with Gasteiger partial charge in [0.1, 0.15) is 0 Å². The van der Waals surface area contributed by atoms with Crippen LogP contribution in [-0.4, -0.2) is 30.4 Å². The highest BCUT2D eigenvalue weighted by molar-refractivity contribution is 9.10. The number of amides is 1. The van der Waals surface area contributed by atoms with Crippen LogP contribution in [0.4, 0.5) is 0 Å². The van der Waals surface area contributed by atoms with Crippen LogP contribution in [0.2, 0.25) is 0 Å². The number of hydrogen-bond donors (Lipinski definition) is 1. The predicted molar refractivity (Wildman–Crippen MR) is 71.8 cm³/mol. The SMILES string of the molecule is CC1(CN)CCN(C(=O)c2ccccc2Br)C1. The van der Waals surface area contributed by atoms with Crippen molar-refractivity contribution in [3.05, 3.63) is 34.3 Å². The number of benzene rings is 1. The smallest absolute Gasteiger partial charge is 0.255 e. The summed E-state index contributed by atoms with van der Waals surface area (Å²) in [7, 11) is 0. The summed E-state index contributed by atoms with van der Waals surface area (Å²) in [6.45, 7) is 4.32. The number of carbonyl (C=O) groups excluding carboxylic acids is 1. The van der Waals surface area contributed by atoms with Gasteiger partial charge in [0.05, 0.1) is 5.56 Å². The first-order valence-corrected chi connectivity index (χ1v) is 6.59. The Morgan fingerprint density at radius 1 is 1.53 bits per heavy atom. The van der Waals surface area contributed by atoms with E-state index in [1.165, 1.54) is 0 Å². The first-order valence-electron chi connectivity index (χ1n) is 5.80. The van der Waals surface area contributed by atoms with Gasteiger partial charge in [0.15, 0.2) is 0 Å². The van der Waals surface area contributed by atoms with Crippen LogP contribution in [0, 0.1) is 5.41 Å². The van der Waals surface area contributed by atoms with Gasteiger partial charge < -0.3 is 10.6 Å². The Labute approximate surface area is 110 Å². The van der Waals surface area contributed by atoms with Gasteiger partial charge in [0, 0.05) is 17.6 Å². The lowest BCUT2D eigenvalue weighted by Gasteiger charge is -2.22. The molecule has 2 N–H and O–H groups in total. The lowest BCUT2D eigenvalue weighted by atomic mass is 9.90. The molecule has 0 aromatic heterocycles. The fourth-order valence-corrected chi connectivity index (χ4v) is 2.62. The Morgan fingerprint density at radius 2 is 2.24 bits per heavy atom. The molecule has 1 aliphatic heterocycles. The van der Waals surface area contributed by atoms with E-state index in [4.69, 9.17) is 5.73 Å². The molecule has 3 nitrogen and oxygen atoms in total. The summed E-state index contributed by atoms with van der Waals surface area (Å²) in [5.41, 5.74) is 6.56. The number of carbonyl (C=O) groups is 1. The van der Waals surface area contributed by atoms with Crippen molar-refractivity contribution in [1.82, 2.24) is 4.90 Å². The number of likely N-dealkylation sites (tertiary alicyclic amines) is 1. The molecule has 1 amide bonds. The molecule has 0 bridgehead atoms. The Balaban J connectivity index is 2.15. The maximum Gasteiger partial charge on any atom is 0.255 e. The number of halogens is 1. The van der Waals surface area contributed by atoms with Gasteiger partial charge in [-0.25, -0.2) is 0 Å². The van der Waals surface area contributed by atoms with Crippen molar-refractivity contribution in [3.8, 4) is 0 Å². The minimum Gasteiger partial charge on any atom is -0.338 e. The largest absolute Gasteiger partial charge is 0.338 e. The topological polar surface area (TPSA) is 46.3 Å². The summed E-state index contributed by atoms with van der Waals surface area (Å²) in [6.07, 6.45) is 0.986. The Kier molecular flexibility index (Phi) is 3.54. The summed E-state index contributed by atoms with van der Waals surface area (Å²) in [4.78, 5) is 14.2. The van der Waals surface area contributed by atoms with Crippen LogP contribution in [0.15, 0.2) is 28.7 Å². The molecule has 1 atom stereocenters. The van der Waals surface area contributed by atoms with Gasteiger partial charge in [0.25, 0.3) is 5.91 Å². The molecule has 92 valence electrons. The zero-order valence-electron chi connectivity index (χ0n) is 9.95. The zero-order valence-corrected chi connectivity index (χ0v) is 11.5. The zero-order chi connectivity index (χ0) is 12.5. The minimum absolute atomic E-state index is 0.0803. The van der Waals surface area contributed by atoms with Crippen molar-refractivity contribution >= 4 is 21.8 Å². The first-order chi connectivity index (χ1) is 8.06. The Bertz CT molecular complexity index is 435. The molecule has 1 aromatic carbocycles. The van der Waals surface area contributed by atoms with Crippen LogP contribution in [0.5, 0.6) is 0 Å². The van der Waals surface area contributed by atoms with Gasteiger partial charge in [-0.3, -0.25) is 4.79 Å². The van der Waals surface area contributed by atoms with Crippen molar-refractivity contribution in [2.45, 2.75) is 13.3 Å². The van der Waals surface area contributed by atoms with Crippen molar-refractivity contribution in [2.24, 2.45) is 11.1 Å². The van der Waals surface area contributed by atoms with Crippen LogP contribution in [0.3, 0.4) is 0 Å². The summed E-state index contributed by atoms with van der Waals surface area (Å²) >= 11 is 3.42. The highest BCUT2D eigenvalue weighted by atomic mass is 79.9. The highest BCUT2D eigenvalue weighted by Crippen LogP contribution is 2.30. The van der Waals surface area contributed by atoms with E-state index >= 15 is 0 Å². The standard InChI is InChI=1S/C13H17BrN2O/c1-13(8-15)6-7-16(9-13)12(17)10-4-2-3-5-11(10)14/h2-5H,6-9,15H2,1H3. The molecule has 1 saturated heterocycles. The number of nitrogens with two attached hydrogens (primary N) is 1. The van der Waals surface area contributed by atoms with Gasteiger partial charge in [-0.2, -0.15) is 0 Å². The fraction of sp³-hybridized carbons (Fsp3) is 0.462. The lowest BCUT2D eigenvalue weighted by Crippen LogP contribution is -2.34. The molecule has 1 fully saturated rings. The van der Waals surface area contributed by atoms with Gasteiger partial charge >= 0.3 is 0 Å². The van der Waals surface area contributed by atoms with Gasteiger partial charge in [-0.15, -0.1) is 0 Å². The van der Waals surface area contributed by atoms with Crippen molar-refractivity contribution in [1.29, 1.82) is 0 Å². The molecule has 4 heteroatoms. The van der Waals surface area contributed by atoms with Crippen LogP contribution in [0.25, 0.3) is 0 Å². The average molecular weight is 297 g/mol. The fourth-order valence-electron chi connectivity index (χ4n) is 2.17. The van der Waals surface area contributed by atoms with Gasteiger partial charge in [-0.05, 0) is 46.4 Å². The van der Waals surface area contributed by atoms with Gasteiger partial charge in [-0.1, -0.05) is 19.1 Å². The molecule has 1 aromatic rings. The molecule has 1 aliphatic rings. The number of nitrogens with zero attached hydrogens (tertiary/aromatic N) is 1. The third kappa shape index (κ3) is 2.53. The molecule has 0 saturated carbocycles. The number of hydrogen-bond acceptors (Lipinski definition) is 2. The summed E-state index contributed by atoms with van der Waals surface area (Å²) in [5.74, 6) is 0.0923. The van der Waals surface area contributed by atoms with E-state index in [9.17, 15) is 4.79 Å². The third-order valence-corrected chi connectivity index (χ3v) is 4.13. The maximum atomic E-state index is 12.3. The summed E-state index contributed by atoms with van der Waals surface area (Å²) in [5, 5.41) is 0. The molecule has 1 unspecified atom stereocenters. The van der Waals surface area contributed by atoms with E-state index < -0.39 is 0 Å². The second kappa shape index (κ2) is 4.78. The van der Waals surface area contributed by atoms with Crippen LogP contribution >= 0.6 is 15.9 Å². The molecule has 0 radical (unpaired) electrons. The van der Waals surface area contributed by atoms with E-state index in [0.29, 0.717) is 6.54 Å². The second-order valence-electron chi connectivity index (χ2n) is 4.97. The molecule has 17 heavy (non-hydrogen) atoms. The van der Waals surface area contributed by atoms with Crippen molar-refractivity contribution in [2.75, 3.05) is 19.6 Å². The van der Waals surface area contributed by atoms with Crippen molar-refractivity contribution < 1.29 is 4.79 Å². The Morgan fingerprint density at radius 3 is 2.82 bits per heavy atom. The average Bonchev–Trinajstić information content (AvgIpc) is 2.73. The van der Waals surface area contributed by atoms with Crippen molar-refractivity contribution in [3.63, 3.8) is 0 Å².